The van der Waals surface area contributed by atoms with Gasteiger partial charge >= 0.3 is 103 Å². The van der Waals surface area contributed by atoms with Gasteiger partial charge in [0.05, 0.1) is 0 Å². The van der Waals surface area contributed by atoms with Gasteiger partial charge in [0.15, 0.2) is 0 Å². The normalized spacial score (nSPS) is 3.00. The molecule has 0 aromatic carbocycles. The summed E-state index contributed by atoms with van der Waals surface area (Å²) in [5.41, 5.74) is 11.1. The molecule has 2 amide bonds. The topological polar surface area (TPSA) is 81.7 Å². The first-order valence-corrected chi connectivity index (χ1v) is 1.05. The molecule has 0 bridgehead atoms. The molecule has 0 saturated carbocycles. The summed E-state index contributed by atoms with van der Waals surface area (Å²) in [5.74, 6) is 0. The van der Waals surface area contributed by atoms with Crippen LogP contribution in [0.1, 0.15) is 0 Å². The van der Waals surface area contributed by atoms with Crippen LogP contribution < -0.4 is 103 Å². The monoisotopic (exact) mass is 166 g/mol. The zero-order chi connectivity index (χ0) is 5.41. The van der Waals surface area contributed by atoms with Crippen molar-refractivity contribution in [3.05, 3.63) is 11.5 Å². The molecule has 2 N–H and O–H groups in total. The minimum atomic E-state index is 0. The molecule has 6 heteroatoms. The van der Waals surface area contributed by atoms with Crippen molar-refractivity contribution in [2.24, 2.45) is 0 Å². The summed E-state index contributed by atoms with van der Waals surface area (Å²) in [7, 11) is 0. The number of carbonyl (C=O) groups excluding carboxylic acids is 2. The first kappa shape index (κ1) is 22.5. The maximum Gasteiger partial charge on any atom is 1.00 e. The van der Waals surface area contributed by atoms with E-state index in [4.69, 9.17) is 21.1 Å². The van der Waals surface area contributed by atoms with Gasteiger partial charge in [0, 0.05) is 12.8 Å². The van der Waals surface area contributed by atoms with Crippen LogP contribution in [0.15, 0.2) is 0 Å². The summed E-state index contributed by atoms with van der Waals surface area (Å²) in [6.07, 6.45) is 0. The van der Waals surface area contributed by atoms with E-state index >= 15 is 0 Å². The maximum atomic E-state index is 8.47. The Balaban J connectivity index is -0.0000000160. The third-order valence-corrected chi connectivity index (χ3v) is 0. The Hall–Kier alpha value is 2.21. The van der Waals surface area contributed by atoms with Crippen molar-refractivity contribution in [1.29, 1.82) is 0 Å². The molecule has 0 aliphatic rings. The van der Waals surface area contributed by atoms with E-state index in [-0.39, 0.29) is 116 Å². The molecule has 8 heavy (non-hydrogen) atoms. The third kappa shape index (κ3) is 87.3. The van der Waals surface area contributed by atoms with E-state index in [1.807, 2.05) is 0 Å². The molecule has 0 fully saturated rings. The number of hydrogen-bond donors (Lipinski definition) is 0. The molecule has 0 rings (SSSR count). The van der Waals surface area contributed by atoms with Gasteiger partial charge in [0.25, 0.3) is 0 Å². The van der Waals surface area contributed by atoms with Crippen LogP contribution in [0.2, 0.25) is 0 Å². The molecule has 0 atom stereocenters. The minimum absolute atomic E-state index is 0. The molecule has 0 radical (unpaired) electrons. The van der Waals surface area contributed by atoms with Crippen LogP contribution in [0, 0.1) is 0 Å². The minimum Gasteiger partial charge on any atom is -0.671 e. The van der Waals surface area contributed by atoms with Crippen LogP contribution in [0.4, 0.5) is 0 Å². The van der Waals surface area contributed by atoms with Crippen LogP contribution in [-0.4, -0.2) is 12.8 Å². The number of nitrogens with one attached hydrogen (secondary N) is 2. The second kappa shape index (κ2) is 35.0. The zero-order valence-electron chi connectivity index (χ0n) is 4.97. The van der Waals surface area contributed by atoms with Crippen molar-refractivity contribution in [1.82, 2.24) is 0 Å². The molecule has 0 aromatic rings. The van der Waals surface area contributed by atoms with Crippen molar-refractivity contribution in [3.8, 4) is 0 Å². The second-order valence-corrected chi connectivity index (χ2v) is 0.236. The van der Waals surface area contributed by atoms with Crippen molar-refractivity contribution in [2.45, 2.75) is 0 Å². The van der Waals surface area contributed by atoms with Crippen molar-refractivity contribution in [2.75, 3.05) is 0 Å². The molecule has 0 aromatic heterocycles. The average molecular weight is 166 g/mol. The largest absolute Gasteiger partial charge is 1.00 e. The summed E-state index contributed by atoms with van der Waals surface area (Å²) in [4.78, 5) is 16.9. The Bertz CT molecular complexity index is 37.0. The third-order valence-electron chi connectivity index (χ3n) is 0. The number of hydrogen-bond acceptors (Lipinski definition) is 2. The fourth-order valence-electron chi connectivity index (χ4n) is 0. The van der Waals surface area contributed by atoms with Crippen LogP contribution >= 0.6 is 0 Å². The molecule has 0 spiro atoms. The van der Waals surface area contributed by atoms with Gasteiger partial charge in [-0.3, -0.25) is 0 Å². The second-order valence-electron chi connectivity index (χ2n) is 0.236. The first-order valence-electron chi connectivity index (χ1n) is 1.05. The van der Waals surface area contributed by atoms with Crippen molar-refractivity contribution in [3.63, 3.8) is 0 Å². The summed E-state index contributed by atoms with van der Waals surface area (Å²) >= 11 is 0. The number of amides is 2. The van der Waals surface area contributed by atoms with E-state index in [2.05, 4.69) is 0 Å². The predicted molar refractivity (Wildman–Crippen MR) is 20.8 cm³/mol. The molecule has 36 valence electrons. The maximum absolute atomic E-state index is 8.47. The molecule has 0 heterocycles. The summed E-state index contributed by atoms with van der Waals surface area (Å²) < 4.78 is 0. The summed E-state index contributed by atoms with van der Waals surface area (Å²) in [5, 5.41) is 0. The average Bonchev–Trinajstić information content (AvgIpc) is 1.39. The van der Waals surface area contributed by atoms with Crippen LogP contribution in [0.5, 0.6) is 0 Å². The Morgan fingerprint density at radius 1 is 0.875 bits per heavy atom. The SMILES string of the molecule is [K+].[K+].[NH-]C=O.[NH-]C=O. The van der Waals surface area contributed by atoms with E-state index in [1.54, 1.807) is 0 Å². The van der Waals surface area contributed by atoms with Gasteiger partial charge < -0.3 is 21.1 Å². The fraction of sp³-hybridized carbons (Fsp3) is 0. The predicted octanol–water partition coefficient (Wildman–Crippen LogP) is -5.60. The van der Waals surface area contributed by atoms with E-state index in [1.165, 1.54) is 0 Å². The molecular weight excluding hydrogens is 162 g/mol. The smallest absolute Gasteiger partial charge is 0.671 e. The number of rotatable bonds is 0. The van der Waals surface area contributed by atoms with Crippen LogP contribution in [-0.2, 0) is 9.59 Å². The van der Waals surface area contributed by atoms with Gasteiger partial charge in [-0.1, -0.05) is 0 Å². The van der Waals surface area contributed by atoms with E-state index in [0.717, 1.165) is 0 Å². The van der Waals surface area contributed by atoms with E-state index < -0.39 is 0 Å². The molecule has 4 nitrogen and oxygen atoms in total. The standard InChI is InChI=1S/2CH3NO.2K/c2*2-1-3;;/h2*1H,(H2,2,3);;/q;;2*+1/p-2. The number of carbonyl (C=O) groups is 2. The quantitative estimate of drug-likeness (QED) is 0.265. The van der Waals surface area contributed by atoms with E-state index in [9.17, 15) is 0 Å². The van der Waals surface area contributed by atoms with E-state index in [0.29, 0.717) is 0 Å². The Labute approximate surface area is 133 Å². The van der Waals surface area contributed by atoms with Gasteiger partial charge in [-0.2, -0.15) is 0 Å². The fourth-order valence-corrected chi connectivity index (χ4v) is 0. The van der Waals surface area contributed by atoms with Crippen molar-refractivity contribution >= 4 is 12.8 Å². The summed E-state index contributed by atoms with van der Waals surface area (Å²) in [6, 6.07) is 0. The Kier molecular flexibility index (Phi) is 98.3. The zero-order valence-corrected chi connectivity index (χ0v) is 11.2. The molecule has 0 unspecified atom stereocenters. The van der Waals surface area contributed by atoms with Gasteiger partial charge in [-0.15, -0.1) is 0 Å². The summed E-state index contributed by atoms with van der Waals surface area (Å²) in [6.45, 7) is 0. The van der Waals surface area contributed by atoms with Gasteiger partial charge in [-0.25, -0.2) is 0 Å². The Morgan fingerprint density at radius 3 is 0.875 bits per heavy atom. The van der Waals surface area contributed by atoms with Crippen molar-refractivity contribution < 1.29 is 112 Å². The van der Waals surface area contributed by atoms with Crippen LogP contribution in [0.25, 0.3) is 11.5 Å². The molecule has 0 saturated heterocycles. The van der Waals surface area contributed by atoms with Crippen LogP contribution in [0.3, 0.4) is 0 Å². The molecule has 0 aliphatic heterocycles. The molecular formula is C2H4K2N2O2. The van der Waals surface area contributed by atoms with Gasteiger partial charge in [-0.05, 0) is 0 Å². The van der Waals surface area contributed by atoms with Gasteiger partial charge in [0.2, 0.25) is 0 Å². The molecule has 0 aliphatic carbocycles. The Morgan fingerprint density at radius 2 is 0.875 bits per heavy atom. The first-order chi connectivity index (χ1) is 2.83. The van der Waals surface area contributed by atoms with Gasteiger partial charge in [0.1, 0.15) is 0 Å².